The summed E-state index contributed by atoms with van der Waals surface area (Å²) in [5.41, 5.74) is 0. The van der Waals surface area contributed by atoms with Gasteiger partial charge in [0.25, 0.3) is 0 Å². The molecule has 1 N–H and O–H groups in total. The quantitative estimate of drug-likeness (QED) is 0.754. The van der Waals surface area contributed by atoms with Gasteiger partial charge in [0, 0.05) is 12.5 Å². The van der Waals surface area contributed by atoms with E-state index in [2.05, 4.69) is 5.32 Å². The molecule has 0 unspecified atom stereocenters. The molecule has 0 radical (unpaired) electrons. The monoisotopic (exact) mass is 209 g/mol. The summed E-state index contributed by atoms with van der Waals surface area (Å²) >= 11 is 0. The molecule has 15 heavy (non-hydrogen) atoms. The van der Waals surface area contributed by atoms with Crippen molar-refractivity contribution in [2.24, 2.45) is 5.92 Å². The maximum Gasteiger partial charge on any atom is 0.146 e. The predicted molar refractivity (Wildman–Crippen MR) is 61.8 cm³/mol. The van der Waals surface area contributed by atoms with Gasteiger partial charge in [0.15, 0.2) is 0 Å². The van der Waals surface area contributed by atoms with Crippen molar-refractivity contribution >= 4 is 5.78 Å². The smallest absolute Gasteiger partial charge is 0.146 e. The van der Waals surface area contributed by atoms with Crippen molar-refractivity contribution < 1.29 is 4.79 Å². The van der Waals surface area contributed by atoms with Crippen LogP contribution >= 0.6 is 0 Å². The summed E-state index contributed by atoms with van der Waals surface area (Å²) in [6.07, 6.45) is 11.3. The Morgan fingerprint density at radius 3 is 2.27 bits per heavy atom. The Morgan fingerprint density at radius 2 is 1.60 bits per heavy atom. The van der Waals surface area contributed by atoms with E-state index in [0.29, 0.717) is 24.3 Å². The summed E-state index contributed by atoms with van der Waals surface area (Å²) in [4.78, 5) is 11.7. The lowest BCUT2D eigenvalue weighted by Crippen LogP contribution is -2.32. The van der Waals surface area contributed by atoms with E-state index in [1.807, 2.05) is 0 Å². The van der Waals surface area contributed by atoms with Crippen molar-refractivity contribution in [3.05, 3.63) is 0 Å². The van der Waals surface area contributed by atoms with Gasteiger partial charge in [-0.3, -0.25) is 4.79 Å². The van der Waals surface area contributed by atoms with Crippen LogP contribution in [-0.2, 0) is 4.79 Å². The average molecular weight is 209 g/mol. The molecule has 0 bridgehead atoms. The molecule has 0 aromatic carbocycles. The molecule has 0 atom stereocenters. The molecule has 0 spiro atoms. The number of hydrogen-bond acceptors (Lipinski definition) is 2. The highest BCUT2D eigenvalue weighted by Gasteiger charge is 2.19. The second kappa shape index (κ2) is 5.64. The number of hydrogen-bond donors (Lipinski definition) is 1. The summed E-state index contributed by atoms with van der Waals surface area (Å²) in [7, 11) is 0. The van der Waals surface area contributed by atoms with Gasteiger partial charge >= 0.3 is 0 Å². The van der Waals surface area contributed by atoms with Crippen LogP contribution in [0.4, 0.5) is 0 Å². The van der Waals surface area contributed by atoms with Gasteiger partial charge in [-0.2, -0.15) is 0 Å². The third-order valence-electron chi connectivity index (χ3n) is 3.93. The molecule has 0 heterocycles. The fourth-order valence-corrected chi connectivity index (χ4v) is 3.00. The largest absolute Gasteiger partial charge is 0.307 e. The number of carbonyl (C=O) groups excluding carboxylic acids is 1. The second-order valence-corrected chi connectivity index (χ2v) is 5.26. The highest BCUT2D eigenvalue weighted by Crippen LogP contribution is 2.27. The minimum absolute atomic E-state index is 0.439. The Labute approximate surface area is 92.8 Å². The molecular formula is C13H23NO. The first-order valence-corrected chi connectivity index (χ1v) is 6.59. The lowest BCUT2D eigenvalue weighted by atomic mass is 10.0. The maximum atomic E-state index is 11.7. The fraction of sp³-hybridized carbons (Fsp3) is 0.923. The minimum atomic E-state index is 0.439. The van der Waals surface area contributed by atoms with Crippen LogP contribution in [0, 0.1) is 5.92 Å². The van der Waals surface area contributed by atoms with Crippen molar-refractivity contribution in [1.82, 2.24) is 5.32 Å². The van der Waals surface area contributed by atoms with Gasteiger partial charge in [-0.1, -0.05) is 38.5 Å². The first-order valence-electron chi connectivity index (χ1n) is 6.59. The predicted octanol–water partition coefficient (Wildman–Crippen LogP) is 2.67. The summed E-state index contributed by atoms with van der Waals surface area (Å²) in [6.45, 7) is 0.626. The molecule has 2 heteroatoms. The van der Waals surface area contributed by atoms with Gasteiger partial charge in [-0.15, -0.1) is 0 Å². The van der Waals surface area contributed by atoms with Gasteiger partial charge in [-0.25, -0.2) is 0 Å². The first-order chi connectivity index (χ1) is 7.34. The van der Waals surface area contributed by atoms with Gasteiger partial charge in [0.1, 0.15) is 5.78 Å². The van der Waals surface area contributed by atoms with Crippen LogP contribution in [0.1, 0.15) is 57.8 Å². The van der Waals surface area contributed by atoms with E-state index >= 15 is 0 Å². The Bertz CT molecular complexity index is 203. The van der Waals surface area contributed by atoms with Gasteiger partial charge < -0.3 is 5.32 Å². The van der Waals surface area contributed by atoms with E-state index in [9.17, 15) is 4.79 Å². The molecule has 0 saturated heterocycles. The Balaban J connectivity index is 1.59. The fourth-order valence-electron chi connectivity index (χ4n) is 3.00. The molecular weight excluding hydrogens is 186 g/mol. The van der Waals surface area contributed by atoms with Gasteiger partial charge in [-0.05, 0) is 18.8 Å². The number of Topliss-reactive ketones (excluding diaryl/α,β-unsaturated/α-hetero) is 1. The third-order valence-corrected chi connectivity index (χ3v) is 3.93. The Morgan fingerprint density at radius 1 is 1.00 bits per heavy atom. The zero-order chi connectivity index (χ0) is 10.5. The summed E-state index contributed by atoms with van der Waals surface area (Å²) < 4.78 is 0. The van der Waals surface area contributed by atoms with E-state index in [-0.39, 0.29) is 0 Å². The van der Waals surface area contributed by atoms with Crippen LogP contribution in [-0.4, -0.2) is 18.4 Å². The van der Waals surface area contributed by atoms with Gasteiger partial charge in [0.2, 0.25) is 0 Å². The van der Waals surface area contributed by atoms with E-state index in [4.69, 9.17) is 0 Å². The van der Waals surface area contributed by atoms with E-state index in [1.165, 1.54) is 51.4 Å². The van der Waals surface area contributed by atoms with Crippen molar-refractivity contribution in [2.45, 2.75) is 63.8 Å². The molecule has 2 aliphatic carbocycles. The van der Waals surface area contributed by atoms with E-state index in [1.54, 1.807) is 0 Å². The SMILES string of the molecule is O=C(CNC1CCCC1)CC1CCCC1. The zero-order valence-electron chi connectivity index (χ0n) is 9.63. The topological polar surface area (TPSA) is 29.1 Å². The second-order valence-electron chi connectivity index (χ2n) is 5.26. The molecule has 0 aromatic heterocycles. The third kappa shape index (κ3) is 3.60. The van der Waals surface area contributed by atoms with Crippen LogP contribution in [0.25, 0.3) is 0 Å². The van der Waals surface area contributed by atoms with Crippen molar-refractivity contribution in [3.63, 3.8) is 0 Å². The summed E-state index contributed by atoms with van der Waals surface area (Å²) in [5.74, 6) is 1.15. The van der Waals surface area contributed by atoms with Crippen LogP contribution in [0.5, 0.6) is 0 Å². The van der Waals surface area contributed by atoms with Gasteiger partial charge in [0.05, 0.1) is 6.54 Å². The summed E-state index contributed by atoms with van der Waals surface area (Å²) in [6, 6.07) is 0.637. The molecule has 2 fully saturated rings. The maximum absolute atomic E-state index is 11.7. The van der Waals surface area contributed by atoms with Crippen LogP contribution in [0.3, 0.4) is 0 Å². The van der Waals surface area contributed by atoms with E-state index in [0.717, 1.165) is 6.42 Å². The van der Waals surface area contributed by atoms with Crippen LogP contribution in [0.2, 0.25) is 0 Å². The summed E-state index contributed by atoms with van der Waals surface area (Å²) in [5, 5.41) is 3.41. The van der Waals surface area contributed by atoms with E-state index < -0.39 is 0 Å². The number of rotatable bonds is 5. The Kier molecular flexibility index (Phi) is 4.18. The number of carbonyl (C=O) groups is 1. The molecule has 2 rings (SSSR count). The highest BCUT2D eigenvalue weighted by molar-refractivity contribution is 5.80. The average Bonchev–Trinajstić information content (AvgIpc) is 2.86. The number of ketones is 1. The molecule has 2 saturated carbocycles. The Hall–Kier alpha value is -0.370. The normalized spacial score (nSPS) is 23.7. The molecule has 0 amide bonds. The molecule has 0 aromatic rings. The highest BCUT2D eigenvalue weighted by atomic mass is 16.1. The standard InChI is InChI=1S/C13H23NO/c15-13(9-11-5-1-2-6-11)10-14-12-7-3-4-8-12/h11-12,14H,1-10H2. The van der Waals surface area contributed by atoms with Crippen LogP contribution < -0.4 is 5.32 Å². The van der Waals surface area contributed by atoms with Crippen molar-refractivity contribution in [3.8, 4) is 0 Å². The van der Waals surface area contributed by atoms with Crippen molar-refractivity contribution in [2.75, 3.05) is 6.54 Å². The molecule has 2 aliphatic rings. The number of nitrogens with one attached hydrogen (secondary N) is 1. The molecule has 0 aliphatic heterocycles. The van der Waals surface area contributed by atoms with Crippen molar-refractivity contribution in [1.29, 1.82) is 0 Å². The molecule has 2 nitrogen and oxygen atoms in total. The molecule has 86 valence electrons. The lowest BCUT2D eigenvalue weighted by molar-refractivity contribution is -0.119. The lowest BCUT2D eigenvalue weighted by Gasteiger charge is -2.12. The van der Waals surface area contributed by atoms with Crippen LogP contribution in [0.15, 0.2) is 0 Å². The zero-order valence-corrected chi connectivity index (χ0v) is 9.63. The first kappa shape index (κ1) is 11.1. The minimum Gasteiger partial charge on any atom is -0.307 e.